The van der Waals surface area contributed by atoms with Crippen molar-refractivity contribution in [3.8, 4) is 0 Å². The van der Waals surface area contributed by atoms with Crippen LogP contribution < -0.4 is 5.73 Å². The molecule has 0 radical (unpaired) electrons. The number of nitrogens with two attached hydrogens (primary N) is 1. The molecule has 0 amide bonds. The molecule has 2 heteroatoms. The predicted molar refractivity (Wildman–Crippen MR) is 77.7 cm³/mol. The molecule has 0 bridgehead atoms. The summed E-state index contributed by atoms with van der Waals surface area (Å²) in [5.74, 6) is 0.252. The highest BCUT2D eigenvalue weighted by atomic mass is 19.1. The van der Waals surface area contributed by atoms with Gasteiger partial charge in [0, 0.05) is 5.56 Å². The van der Waals surface area contributed by atoms with Gasteiger partial charge >= 0.3 is 0 Å². The van der Waals surface area contributed by atoms with Gasteiger partial charge in [-0.2, -0.15) is 0 Å². The van der Waals surface area contributed by atoms with Gasteiger partial charge in [-0.25, -0.2) is 4.39 Å². The maximum atomic E-state index is 13.9. The van der Waals surface area contributed by atoms with Gasteiger partial charge < -0.3 is 5.73 Å². The molecule has 0 fully saturated rings. The minimum absolute atomic E-state index is 0.236. The zero-order valence-electron chi connectivity index (χ0n) is 11.7. The van der Waals surface area contributed by atoms with E-state index in [-0.39, 0.29) is 5.82 Å². The summed E-state index contributed by atoms with van der Waals surface area (Å²) in [4.78, 5) is 0. The summed E-state index contributed by atoms with van der Waals surface area (Å²) in [6, 6.07) is 12.9. The second-order valence-electron chi connectivity index (χ2n) is 5.32. The van der Waals surface area contributed by atoms with Crippen LogP contribution >= 0.6 is 0 Å². The van der Waals surface area contributed by atoms with E-state index in [1.54, 1.807) is 6.07 Å². The van der Waals surface area contributed by atoms with Gasteiger partial charge in [0.1, 0.15) is 5.82 Å². The van der Waals surface area contributed by atoms with Gasteiger partial charge in [0.15, 0.2) is 0 Å². The van der Waals surface area contributed by atoms with Gasteiger partial charge in [-0.3, -0.25) is 0 Å². The lowest BCUT2D eigenvalue weighted by Gasteiger charge is -2.15. The van der Waals surface area contributed by atoms with E-state index < -0.39 is 6.04 Å². The smallest absolute Gasteiger partial charge is 0.128 e. The van der Waals surface area contributed by atoms with Crippen molar-refractivity contribution in [2.45, 2.75) is 32.7 Å². The van der Waals surface area contributed by atoms with Crippen LogP contribution in [0.25, 0.3) is 0 Å². The Morgan fingerprint density at radius 2 is 1.53 bits per heavy atom. The Labute approximate surface area is 114 Å². The van der Waals surface area contributed by atoms with Crippen LogP contribution in [-0.2, 0) is 0 Å². The number of rotatable bonds is 3. The standard InChI is InChI=1S/C17H20FN/c1-11(2)13-5-7-14(8-6-13)17(19)15-9-4-12(3)10-16(15)18/h4-11,17H,19H2,1-3H3. The van der Waals surface area contributed by atoms with Gasteiger partial charge in [-0.15, -0.1) is 0 Å². The van der Waals surface area contributed by atoms with Crippen LogP contribution in [0.15, 0.2) is 42.5 Å². The van der Waals surface area contributed by atoms with Crippen molar-refractivity contribution in [2.24, 2.45) is 5.73 Å². The SMILES string of the molecule is Cc1ccc(C(N)c2ccc(C(C)C)cc2)c(F)c1. The molecule has 0 saturated heterocycles. The molecule has 2 aromatic carbocycles. The summed E-state index contributed by atoms with van der Waals surface area (Å²) in [5.41, 5.74) is 9.81. The molecule has 100 valence electrons. The number of hydrogen-bond acceptors (Lipinski definition) is 1. The maximum absolute atomic E-state index is 13.9. The molecule has 2 N–H and O–H groups in total. The third-order valence-corrected chi connectivity index (χ3v) is 3.45. The third kappa shape index (κ3) is 3.02. The summed E-state index contributed by atoms with van der Waals surface area (Å²) in [5, 5.41) is 0. The number of halogens is 1. The lowest BCUT2D eigenvalue weighted by molar-refractivity contribution is 0.598. The lowest BCUT2D eigenvalue weighted by Crippen LogP contribution is -2.13. The van der Waals surface area contributed by atoms with Crippen molar-refractivity contribution >= 4 is 0 Å². The quantitative estimate of drug-likeness (QED) is 0.871. The van der Waals surface area contributed by atoms with E-state index in [2.05, 4.69) is 26.0 Å². The summed E-state index contributed by atoms with van der Waals surface area (Å²) >= 11 is 0. The number of benzene rings is 2. The average Bonchev–Trinajstić information content (AvgIpc) is 2.38. The second-order valence-corrected chi connectivity index (χ2v) is 5.32. The van der Waals surface area contributed by atoms with Crippen molar-refractivity contribution in [1.82, 2.24) is 0 Å². The summed E-state index contributed by atoms with van der Waals surface area (Å²) in [6.45, 7) is 6.17. The van der Waals surface area contributed by atoms with E-state index in [1.807, 2.05) is 25.1 Å². The molecule has 2 rings (SSSR count). The molecule has 0 aromatic heterocycles. The molecule has 1 nitrogen and oxygen atoms in total. The first-order valence-corrected chi connectivity index (χ1v) is 6.60. The van der Waals surface area contributed by atoms with Crippen LogP contribution in [0.3, 0.4) is 0 Å². The van der Waals surface area contributed by atoms with Gasteiger partial charge in [-0.1, -0.05) is 50.2 Å². The van der Waals surface area contributed by atoms with Crippen LogP contribution in [0.2, 0.25) is 0 Å². The maximum Gasteiger partial charge on any atom is 0.128 e. The van der Waals surface area contributed by atoms with Crippen LogP contribution in [0.5, 0.6) is 0 Å². The van der Waals surface area contributed by atoms with Crippen LogP contribution in [0.4, 0.5) is 4.39 Å². The van der Waals surface area contributed by atoms with Gasteiger partial charge in [0.25, 0.3) is 0 Å². The summed E-state index contributed by atoms with van der Waals surface area (Å²) in [6.07, 6.45) is 0. The molecule has 19 heavy (non-hydrogen) atoms. The number of hydrogen-bond donors (Lipinski definition) is 1. The Bertz CT molecular complexity index is 558. The Hall–Kier alpha value is -1.67. The molecule has 1 atom stereocenters. The predicted octanol–water partition coefficient (Wildman–Crippen LogP) is 4.31. The zero-order valence-corrected chi connectivity index (χ0v) is 11.7. The third-order valence-electron chi connectivity index (χ3n) is 3.45. The molecule has 0 saturated carbocycles. The van der Waals surface area contributed by atoms with E-state index in [1.165, 1.54) is 11.6 Å². The fourth-order valence-corrected chi connectivity index (χ4v) is 2.15. The average molecular weight is 257 g/mol. The van der Waals surface area contributed by atoms with Crippen LogP contribution in [0, 0.1) is 12.7 Å². The Kier molecular flexibility index (Phi) is 4.01. The highest BCUT2D eigenvalue weighted by molar-refractivity contribution is 5.35. The van der Waals surface area contributed by atoms with Crippen LogP contribution in [0.1, 0.15) is 48.1 Å². The van der Waals surface area contributed by atoms with E-state index in [9.17, 15) is 4.39 Å². The first-order valence-electron chi connectivity index (χ1n) is 6.60. The fraction of sp³-hybridized carbons (Fsp3) is 0.294. The van der Waals surface area contributed by atoms with Gasteiger partial charge in [-0.05, 0) is 35.6 Å². The van der Waals surface area contributed by atoms with Crippen molar-refractivity contribution in [3.05, 3.63) is 70.5 Å². The van der Waals surface area contributed by atoms with Crippen molar-refractivity contribution in [3.63, 3.8) is 0 Å². The summed E-state index contributed by atoms with van der Waals surface area (Å²) < 4.78 is 13.9. The van der Waals surface area contributed by atoms with E-state index in [0.717, 1.165) is 11.1 Å². The van der Waals surface area contributed by atoms with Gasteiger partial charge in [0.05, 0.1) is 6.04 Å². The topological polar surface area (TPSA) is 26.0 Å². The van der Waals surface area contributed by atoms with Gasteiger partial charge in [0.2, 0.25) is 0 Å². The first kappa shape index (κ1) is 13.8. The largest absolute Gasteiger partial charge is 0.320 e. The van der Waals surface area contributed by atoms with Crippen LogP contribution in [-0.4, -0.2) is 0 Å². The lowest BCUT2D eigenvalue weighted by atomic mass is 9.95. The zero-order chi connectivity index (χ0) is 14.0. The Morgan fingerprint density at radius 3 is 2.05 bits per heavy atom. The summed E-state index contributed by atoms with van der Waals surface area (Å²) in [7, 11) is 0. The normalized spacial score (nSPS) is 12.7. The molecule has 0 heterocycles. The highest BCUT2D eigenvalue weighted by Crippen LogP contribution is 2.24. The minimum Gasteiger partial charge on any atom is -0.320 e. The minimum atomic E-state index is -0.415. The Balaban J connectivity index is 2.30. The molecule has 1 unspecified atom stereocenters. The van der Waals surface area contributed by atoms with E-state index >= 15 is 0 Å². The molecule has 0 aliphatic carbocycles. The second kappa shape index (κ2) is 5.54. The molecule has 0 aliphatic heterocycles. The van der Waals surface area contributed by atoms with Crippen molar-refractivity contribution < 1.29 is 4.39 Å². The number of aryl methyl sites for hydroxylation is 1. The monoisotopic (exact) mass is 257 g/mol. The molecule has 0 aliphatic rings. The molecule has 0 spiro atoms. The fourth-order valence-electron chi connectivity index (χ4n) is 2.15. The molecular formula is C17H20FN. The molecular weight excluding hydrogens is 237 g/mol. The van der Waals surface area contributed by atoms with E-state index in [0.29, 0.717) is 11.5 Å². The van der Waals surface area contributed by atoms with Crippen molar-refractivity contribution in [1.29, 1.82) is 0 Å². The first-order chi connectivity index (χ1) is 8.99. The highest BCUT2D eigenvalue weighted by Gasteiger charge is 2.13. The molecule has 2 aromatic rings. The van der Waals surface area contributed by atoms with Crippen molar-refractivity contribution in [2.75, 3.05) is 0 Å². The van der Waals surface area contributed by atoms with E-state index in [4.69, 9.17) is 5.73 Å². The Morgan fingerprint density at radius 1 is 0.947 bits per heavy atom.